The Hall–Kier alpha value is -2.39. The Morgan fingerprint density at radius 2 is 1.86 bits per heavy atom. The normalized spacial score (nSPS) is 11.2. The molecule has 0 aliphatic heterocycles. The van der Waals surface area contributed by atoms with Gasteiger partial charge in [0.15, 0.2) is 11.6 Å². The van der Waals surface area contributed by atoms with E-state index in [0.717, 1.165) is 0 Å². The number of hydrogen-bond acceptors (Lipinski definition) is 4. The number of halogens is 2. The Balaban J connectivity index is 2.36. The summed E-state index contributed by atoms with van der Waals surface area (Å²) >= 11 is 0. The largest absolute Gasteiger partial charge is 0.317 e. The number of sulfonamides is 1. The Morgan fingerprint density at radius 1 is 1.24 bits per heavy atom. The van der Waals surface area contributed by atoms with Crippen LogP contribution in [0.2, 0.25) is 0 Å². The first-order valence-electron chi connectivity index (χ1n) is 5.52. The first-order chi connectivity index (χ1) is 9.79. The number of primary sulfonamides is 1. The van der Waals surface area contributed by atoms with E-state index >= 15 is 0 Å². The monoisotopic (exact) mass is 313 g/mol. The van der Waals surface area contributed by atoms with Gasteiger partial charge < -0.3 is 5.32 Å². The third-order valence-electron chi connectivity index (χ3n) is 2.51. The number of carbonyl (C=O) groups is 1. The topological polar surface area (TPSA) is 102 Å². The fourth-order valence-corrected chi connectivity index (χ4v) is 2.05. The summed E-state index contributed by atoms with van der Waals surface area (Å²) in [5.74, 6) is -3.29. The molecule has 0 saturated carbocycles. The van der Waals surface area contributed by atoms with E-state index in [1.165, 1.54) is 24.5 Å². The number of nitrogens with zero attached hydrogens (tertiary/aromatic N) is 1. The summed E-state index contributed by atoms with van der Waals surface area (Å²) in [4.78, 5) is 14.7. The summed E-state index contributed by atoms with van der Waals surface area (Å²) < 4.78 is 49.5. The van der Waals surface area contributed by atoms with Gasteiger partial charge in [-0.05, 0) is 24.3 Å². The highest BCUT2D eigenvalue weighted by molar-refractivity contribution is 7.89. The number of nitrogens with one attached hydrogen (secondary N) is 1. The summed E-state index contributed by atoms with van der Waals surface area (Å²) in [6, 6.07) is 3.93. The van der Waals surface area contributed by atoms with Crippen LogP contribution in [-0.4, -0.2) is 19.3 Å². The maximum Gasteiger partial charge on any atom is 0.257 e. The Bertz CT molecular complexity index is 772. The molecule has 2 rings (SSSR count). The van der Waals surface area contributed by atoms with E-state index in [2.05, 4.69) is 4.98 Å². The van der Waals surface area contributed by atoms with Gasteiger partial charge in [0.05, 0.1) is 10.5 Å². The van der Waals surface area contributed by atoms with Gasteiger partial charge >= 0.3 is 0 Å². The van der Waals surface area contributed by atoms with Gasteiger partial charge in [-0.1, -0.05) is 0 Å². The van der Waals surface area contributed by atoms with Crippen molar-refractivity contribution < 1.29 is 22.0 Å². The fourth-order valence-electron chi connectivity index (χ4n) is 1.52. The predicted octanol–water partition coefficient (Wildman–Crippen LogP) is 1.26. The third-order valence-corrected chi connectivity index (χ3v) is 3.40. The highest BCUT2D eigenvalue weighted by atomic mass is 32.2. The number of benzene rings is 1. The summed E-state index contributed by atoms with van der Waals surface area (Å²) in [5.41, 5.74) is -0.678. The van der Waals surface area contributed by atoms with Crippen molar-refractivity contribution in [1.82, 2.24) is 4.98 Å². The molecule has 1 amide bonds. The quantitative estimate of drug-likeness (QED) is 0.890. The number of amides is 1. The van der Waals surface area contributed by atoms with Crippen LogP contribution in [0.5, 0.6) is 0 Å². The highest BCUT2D eigenvalue weighted by Gasteiger charge is 2.19. The van der Waals surface area contributed by atoms with Gasteiger partial charge in [-0.25, -0.2) is 22.3 Å². The van der Waals surface area contributed by atoms with Crippen LogP contribution >= 0.6 is 0 Å². The minimum absolute atomic E-state index is 0.0897. The molecule has 1 aromatic carbocycles. The smallest absolute Gasteiger partial charge is 0.257 e. The third kappa shape index (κ3) is 3.38. The molecule has 3 N–H and O–H groups in total. The fraction of sp³-hybridized carbons (Fsp3) is 0. The zero-order chi connectivity index (χ0) is 15.6. The van der Waals surface area contributed by atoms with E-state index in [-0.39, 0.29) is 5.56 Å². The van der Waals surface area contributed by atoms with Gasteiger partial charge in [0.25, 0.3) is 5.91 Å². The Kier molecular flexibility index (Phi) is 3.96. The van der Waals surface area contributed by atoms with Crippen LogP contribution in [-0.2, 0) is 10.0 Å². The number of hydrogen-bond donors (Lipinski definition) is 2. The number of nitrogens with two attached hydrogens (primary N) is 1. The summed E-state index contributed by atoms with van der Waals surface area (Å²) in [7, 11) is -4.25. The van der Waals surface area contributed by atoms with Gasteiger partial charge in [0.2, 0.25) is 10.0 Å². The summed E-state index contributed by atoms with van der Waals surface area (Å²) in [6.45, 7) is 0. The zero-order valence-electron chi connectivity index (χ0n) is 10.4. The highest BCUT2D eigenvalue weighted by Crippen LogP contribution is 2.23. The molecule has 2 aromatic rings. The Labute approximate surface area is 118 Å². The van der Waals surface area contributed by atoms with E-state index in [1.807, 2.05) is 5.32 Å². The summed E-state index contributed by atoms with van der Waals surface area (Å²) in [6.07, 6.45) is 2.64. The van der Waals surface area contributed by atoms with Crippen LogP contribution < -0.4 is 10.5 Å². The summed E-state index contributed by atoms with van der Waals surface area (Å²) in [5, 5.41) is 6.79. The molecule has 9 heteroatoms. The van der Waals surface area contributed by atoms with Gasteiger partial charge in [-0.2, -0.15) is 0 Å². The van der Waals surface area contributed by atoms with Crippen molar-refractivity contribution in [2.75, 3.05) is 5.32 Å². The van der Waals surface area contributed by atoms with Crippen LogP contribution in [0.25, 0.3) is 0 Å². The van der Waals surface area contributed by atoms with Crippen molar-refractivity contribution in [3.63, 3.8) is 0 Å². The number of pyridine rings is 1. The lowest BCUT2D eigenvalue weighted by Crippen LogP contribution is -2.17. The number of aromatic nitrogens is 1. The van der Waals surface area contributed by atoms with E-state index in [9.17, 15) is 22.0 Å². The molecule has 21 heavy (non-hydrogen) atoms. The van der Waals surface area contributed by atoms with Crippen molar-refractivity contribution in [3.8, 4) is 0 Å². The van der Waals surface area contributed by atoms with Crippen LogP contribution in [0, 0.1) is 11.6 Å². The molecule has 0 saturated heterocycles. The van der Waals surface area contributed by atoms with Crippen LogP contribution in [0.1, 0.15) is 10.4 Å². The van der Waals surface area contributed by atoms with Crippen molar-refractivity contribution in [2.45, 2.75) is 4.90 Å². The number of rotatable bonds is 3. The van der Waals surface area contributed by atoms with E-state index in [4.69, 9.17) is 5.14 Å². The van der Waals surface area contributed by atoms with Gasteiger partial charge in [-0.3, -0.25) is 9.78 Å². The standard InChI is InChI=1S/C12H9F2N3O3S/c13-9-4-8(21(15,19)20)5-10(14)11(9)17-12(18)7-2-1-3-16-6-7/h1-6H,(H,17,18)(H2,15,19,20). The average molecular weight is 313 g/mol. The molecule has 0 bridgehead atoms. The average Bonchev–Trinajstić information content (AvgIpc) is 2.42. The van der Waals surface area contributed by atoms with Gasteiger partial charge in [0.1, 0.15) is 5.69 Å². The van der Waals surface area contributed by atoms with Gasteiger partial charge in [-0.15, -0.1) is 0 Å². The molecule has 0 atom stereocenters. The minimum atomic E-state index is -4.25. The van der Waals surface area contributed by atoms with Crippen molar-refractivity contribution >= 4 is 21.6 Å². The van der Waals surface area contributed by atoms with Crippen LogP contribution in [0.4, 0.5) is 14.5 Å². The number of anilines is 1. The second kappa shape index (κ2) is 5.54. The molecule has 0 aliphatic rings. The van der Waals surface area contributed by atoms with Crippen molar-refractivity contribution in [3.05, 3.63) is 53.9 Å². The first kappa shape index (κ1) is 15.0. The zero-order valence-corrected chi connectivity index (χ0v) is 11.2. The predicted molar refractivity (Wildman–Crippen MR) is 69.9 cm³/mol. The molecule has 0 aliphatic carbocycles. The molecule has 6 nitrogen and oxygen atoms in total. The maximum absolute atomic E-state index is 13.7. The van der Waals surface area contributed by atoms with Crippen molar-refractivity contribution in [1.29, 1.82) is 0 Å². The van der Waals surface area contributed by atoms with Gasteiger partial charge in [0, 0.05) is 12.4 Å². The minimum Gasteiger partial charge on any atom is -0.317 e. The molecule has 0 spiro atoms. The first-order valence-corrected chi connectivity index (χ1v) is 7.07. The number of carbonyl (C=O) groups excluding carboxylic acids is 1. The molecule has 110 valence electrons. The molecule has 1 aromatic heterocycles. The van der Waals surface area contributed by atoms with Crippen LogP contribution in [0.15, 0.2) is 41.6 Å². The second-order valence-electron chi connectivity index (χ2n) is 4.00. The lowest BCUT2D eigenvalue weighted by atomic mass is 10.2. The molecule has 1 heterocycles. The lowest BCUT2D eigenvalue weighted by Gasteiger charge is -2.09. The van der Waals surface area contributed by atoms with E-state index in [1.54, 1.807) is 0 Å². The molecule has 0 fully saturated rings. The lowest BCUT2D eigenvalue weighted by molar-refractivity contribution is 0.102. The maximum atomic E-state index is 13.7. The molecular weight excluding hydrogens is 304 g/mol. The Morgan fingerprint density at radius 3 is 2.33 bits per heavy atom. The van der Waals surface area contributed by atoms with Crippen molar-refractivity contribution in [2.24, 2.45) is 5.14 Å². The molecule has 0 unspecified atom stereocenters. The molecular formula is C12H9F2N3O3S. The second-order valence-corrected chi connectivity index (χ2v) is 5.56. The molecule has 0 radical (unpaired) electrons. The van der Waals surface area contributed by atoms with E-state index < -0.39 is 38.1 Å². The van der Waals surface area contributed by atoms with E-state index in [0.29, 0.717) is 12.1 Å². The van der Waals surface area contributed by atoms with Crippen LogP contribution in [0.3, 0.4) is 0 Å². The SMILES string of the molecule is NS(=O)(=O)c1cc(F)c(NC(=O)c2cccnc2)c(F)c1.